The Morgan fingerprint density at radius 3 is 1.71 bits per heavy atom. The van der Waals surface area contributed by atoms with Gasteiger partial charge in [-0.25, -0.2) is 0 Å². The Labute approximate surface area is 160 Å². The molecule has 1 atom stereocenters. The van der Waals surface area contributed by atoms with Gasteiger partial charge in [0.1, 0.15) is 0 Å². The van der Waals surface area contributed by atoms with Crippen LogP contribution in [0.4, 0.5) is 0 Å². The molecule has 0 aromatic heterocycles. The monoisotopic (exact) mass is 368 g/mol. The number of allylic oxidation sites excluding steroid dienone is 1. The van der Waals surface area contributed by atoms with Gasteiger partial charge in [0, 0.05) is 0 Å². The molecule has 0 N–H and O–H groups in total. The summed E-state index contributed by atoms with van der Waals surface area (Å²) in [6.07, 6.45) is 4.43. The van der Waals surface area contributed by atoms with Gasteiger partial charge in [0.25, 0.3) is 0 Å². The van der Waals surface area contributed by atoms with E-state index < -0.39 is 18.3 Å². The molecule has 0 bridgehead atoms. The third kappa shape index (κ3) is 15.1. The summed E-state index contributed by atoms with van der Waals surface area (Å²) in [6, 6.07) is 6.63. The van der Waals surface area contributed by atoms with E-state index in [-0.39, 0.29) is 0 Å². The number of hydrogen-bond acceptors (Lipinski definition) is 3. The zero-order chi connectivity index (χ0) is 19.3. The second kappa shape index (κ2) is 14.9. The third-order valence-electron chi connectivity index (χ3n) is 2.40. The van der Waals surface area contributed by atoms with Crippen LogP contribution in [0.3, 0.4) is 0 Å². The Balaban J connectivity index is 0. The van der Waals surface area contributed by atoms with Crippen molar-refractivity contribution in [2.24, 2.45) is 0 Å². The molecule has 0 spiro atoms. The molecule has 1 unspecified atom stereocenters. The summed E-state index contributed by atoms with van der Waals surface area (Å²) >= 11 is 2.25. The fourth-order valence-electron chi connectivity index (χ4n) is 1.71. The van der Waals surface area contributed by atoms with Crippen LogP contribution in [0.25, 0.3) is 6.08 Å². The molecule has 24 heavy (non-hydrogen) atoms. The van der Waals surface area contributed by atoms with Crippen LogP contribution in [0.15, 0.2) is 24.3 Å². The zero-order valence-electron chi connectivity index (χ0n) is 16.1. The number of rotatable bonds is 1. The first-order valence-electron chi connectivity index (χ1n) is 8.51. The van der Waals surface area contributed by atoms with Gasteiger partial charge < -0.3 is 15.3 Å². The average molecular weight is 368 g/mol. The van der Waals surface area contributed by atoms with Crippen molar-refractivity contribution in [2.45, 2.75) is 77.4 Å². The van der Waals surface area contributed by atoms with Crippen LogP contribution in [-0.4, -0.2) is 18.3 Å². The first kappa shape index (κ1) is 25.8. The molecule has 0 amide bonds. The van der Waals surface area contributed by atoms with Crippen LogP contribution in [-0.2, 0) is 26.9 Å². The zero-order valence-corrected chi connectivity index (χ0v) is 17.7. The fraction of sp³-hybridized carbons (Fsp3) is 0.600. The summed E-state index contributed by atoms with van der Waals surface area (Å²) in [5.41, 5.74) is 4.44. The molecular formula is C20H32O3Ti. The molecule has 1 aromatic rings. The average Bonchev–Trinajstić information content (AvgIpc) is 2.79. The SMILES string of the molecule is CC(C)[O-].CC(C)[O-].CC(C)[O-].CCc1cccc2c1C=C[CH]2[Ti+3]. The normalized spacial score (nSPS) is 14.4. The first-order chi connectivity index (χ1) is 11.0. The maximum absolute atomic E-state index is 9.53. The van der Waals surface area contributed by atoms with Crippen molar-refractivity contribution in [2.75, 3.05) is 0 Å². The summed E-state index contributed by atoms with van der Waals surface area (Å²) in [4.78, 5) is 0. The predicted octanol–water partition coefficient (Wildman–Crippen LogP) is 2.13. The first-order valence-corrected chi connectivity index (χ1v) is 9.41. The van der Waals surface area contributed by atoms with Crippen molar-refractivity contribution in [3.63, 3.8) is 0 Å². The van der Waals surface area contributed by atoms with E-state index in [0.717, 1.165) is 6.42 Å². The standard InChI is InChI=1S/C11H11.3C3H7O.Ti/c1-2-9-5-3-6-10-7-4-8-11(9)10;3*1-3(2)4;/h3-8H,2H2,1H3;3*3H,1-2H3;/q;3*-1;+3. The molecule has 0 heterocycles. The molecule has 0 saturated carbocycles. The van der Waals surface area contributed by atoms with E-state index in [1.807, 2.05) is 0 Å². The predicted molar refractivity (Wildman–Crippen MR) is 93.0 cm³/mol. The van der Waals surface area contributed by atoms with E-state index in [4.69, 9.17) is 0 Å². The molecule has 4 heteroatoms. The minimum absolute atomic E-state index is 0.417. The number of fused-ring (bicyclic) bond motifs is 1. The quantitative estimate of drug-likeness (QED) is 0.713. The number of aryl methyl sites for hydroxylation is 1. The molecule has 3 nitrogen and oxygen atoms in total. The second-order valence-corrected chi connectivity index (χ2v) is 7.23. The summed E-state index contributed by atoms with van der Waals surface area (Å²) < 4.78 is 0.617. The van der Waals surface area contributed by atoms with E-state index in [0.29, 0.717) is 4.22 Å². The summed E-state index contributed by atoms with van der Waals surface area (Å²) in [5.74, 6) is 0. The third-order valence-corrected chi connectivity index (χ3v) is 3.19. The Morgan fingerprint density at radius 2 is 1.33 bits per heavy atom. The van der Waals surface area contributed by atoms with Crippen LogP contribution >= 0.6 is 0 Å². The van der Waals surface area contributed by atoms with Crippen molar-refractivity contribution in [3.8, 4) is 0 Å². The van der Waals surface area contributed by atoms with E-state index in [1.54, 1.807) is 41.5 Å². The van der Waals surface area contributed by atoms with Crippen LogP contribution in [0.2, 0.25) is 0 Å². The topological polar surface area (TPSA) is 69.2 Å². The van der Waals surface area contributed by atoms with Gasteiger partial charge in [-0.3, -0.25) is 0 Å². The van der Waals surface area contributed by atoms with Crippen molar-refractivity contribution in [3.05, 3.63) is 41.0 Å². The molecule has 0 saturated heterocycles. The van der Waals surface area contributed by atoms with E-state index >= 15 is 0 Å². The van der Waals surface area contributed by atoms with Gasteiger partial charge in [-0.2, -0.15) is 0 Å². The van der Waals surface area contributed by atoms with Gasteiger partial charge >= 0.3 is 85.0 Å². The van der Waals surface area contributed by atoms with Crippen LogP contribution in [0.1, 0.15) is 69.4 Å². The molecule has 0 fully saturated rings. The molecule has 0 radical (unpaired) electrons. The Kier molecular flexibility index (Phi) is 16.0. The summed E-state index contributed by atoms with van der Waals surface area (Å²) in [5, 5.41) is 28.6. The molecule has 2 rings (SSSR count). The van der Waals surface area contributed by atoms with Crippen molar-refractivity contribution in [1.29, 1.82) is 0 Å². The van der Waals surface area contributed by atoms with Gasteiger partial charge in [0.05, 0.1) is 0 Å². The summed E-state index contributed by atoms with van der Waals surface area (Å²) in [7, 11) is 0. The number of hydrogen-bond donors (Lipinski definition) is 0. The Morgan fingerprint density at radius 1 is 0.917 bits per heavy atom. The van der Waals surface area contributed by atoms with Gasteiger partial charge in [-0.05, 0) is 0 Å². The molecule has 134 valence electrons. The van der Waals surface area contributed by atoms with Gasteiger partial charge in [0.2, 0.25) is 0 Å². The molecule has 1 aromatic carbocycles. The maximum atomic E-state index is 9.53. The molecule has 0 aliphatic heterocycles. The van der Waals surface area contributed by atoms with Gasteiger partial charge in [0.15, 0.2) is 0 Å². The Bertz CT molecular complexity index is 432. The fourth-order valence-corrected chi connectivity index (χ4v) is 2.26. The van der Waals surface area contributed by atoms with E-state index in [2.05, 4.69) is 57.7 Å². The Hall–Kier alpha value is -0.446. The van der Waals surface area contributed by atoms with Crippen LogP contribution < -0.4 is 15.3 Å². The molecule has 1 aliphatic carbocycles. The van der Waals surface area contributed by atoms with Gasteiger partial charge in [-0.15, -0.1) is 18.3 Å². The van der Waals surface area contributed by atoms with Crippen LogP contribution in [0, 0.1) is 0 Å². The summed E-state index contributed by atoms with van der Waals surface area (Å²) in [6.45, 7) is 11.9. The van der Waals surface area contributed by atoms with Crippen molar-refractivity contribution in [1.82, 2.24) is 0 Å². The van der Waals surface area contributed by atoms with Gasteiger partial charge in [-0.1, -0.05) is 41.5 Å². The molecule has 1 aliphatic rings. The van der Waals surface area contributed by atoms with Crippen molar-refractivity contribution < 1.29 is 35.8 Å². The van der Waals surface area contributed by atoms with E-state index in [9.17, 15) is 15.3 Å². The number of benzene rings is 1. The molecular weight excluding hydrogens is 336 g/mol. The van der Waals surface area contributed by atoms with Crippen molar-refractivity contribution >= 4 is 6.08 Å². The second-order valence-electron chi connectivity index (χ2n) is 6.26. The van der Waals surface area contributed by atoms with Crippen LogP contribution in [0.5, 0.6) is 0 Å². The minimum atomic E-state index is -0.417. The van der Waals surface area contributed by atoms with E-state index in [1.165, 1.54) is 16.7 Å².